The molecule has 0 aliphatic carbocycles. The quantitative estimate of drug-likeness (QED) is 0.0261. The minimum absolute atomic E-state index is 0.0649. The highest BCUT2D eigenvalue weighted by molar-refractivity contribution is 5.71. The van der Waals surface area contributed by atoms with Gasteiger partial charge in [-0.2, -0.15) is 0 Å². The van der Waals surface area contributed by atoms with Gasteiger partial charge in [-0.3, -0.25) is 14.4 Å². The highest BCUT2D eigenvalue weighted by Crippen LogP contribution is 2.19. The second kappa shape index (κ2) is 65.4. The number of carbonyl (C=O) groups excluding carboxylic acids is 3. The van der Waals surface area contributed by atoms with Crippen LogP contribution in [0.5, 0.6) is 0 Å². The Morgan fingerprint density at radius 3 is 0.724 bits per heavy atom. The average molecular weight is 1070 g/mol. The Morgan fingerprint density at radius 2 is 0.474 bits per heavy atom. The number of hydrogen-bond donors (Lipinski definition) is 0. The number of allylic oxidation sites excluding steroid dienone is 4. The summed E-state index contributed by atoms with van der Waals surface area (Å²) in [5, 5.41) is 0. The van der Waals surface area contributed by atoms with E-state index in [1.165, 1.54) is 283 Å². The summed E-state index contributed by atoms with van der Waals surface area (Å²) in [7, 11) is 0. The Labute approximate surface area is 474 Å². The molecule has 0 bridgehead atoms. The molecule has 1 unspecified atom stereocenters. The van der Waals surface area contributed by atoms with Gasteiger partial charge in [-0.05, 0) is 51.4 Å². The number of unbranched alkanes of at least 4 members (excludes halogenated alkanes) is 49. The molecule has 0 N–H and O–H groups in total. The topological polar surface area (TPSA) is 78.9 Å². The van der Waals surface area contributed by atoms with Gasteiger partial charge in [-0.15, -0.1) is 0 Å². The third-order valence-corrected chi connectivity index (χ3v) is 15.7. The lowest BCUT2D eigenvalue weighted by Crippen LogP contribution is -2.30. The zero-order chi connectivity index (χ0) is 55.0. The molecule has 0 saturated carbocycles. The van der Waals surface area contributed by atoms with Crippen LogP contribution in [0.2, 0.25) is 0 Å². The summed E-state index contributed by atoms with van der Waals surface area (Å²) < 4.78 is 16.9. The standard InChI is InChI=1S/C70H132O6/c1-4-7-10-13-16-18-20-22-24-26-28-30-32-33-34-35-36-37-39-40-42-44-46-48-50-52-54-57-60-63-69(72)75-66-67(65-74-68(71)62-59-56-15-12-9-6-3)76-70(73)64-61-58-55-53-51-49-47-45-43-41-38-31-29-27-25-23-21-19-17-14-11-8-5-2/h20,22,26,28,67H,4-19,21,23-25,27,29-66H2,1-3H3/b22-20-,28-26-. The summed E-state index contributed by atoms with van der Waals surface area (Å²) in [6.07, 6.45) is 79.6. The minimum atomic E-state index is -0.764. The molecule has 0 radical (unpaired) electrons. The number of rotatable bonds is 64. The maximum absolute atomic E-state index is 12.9. The number of esters is 3. The van der Waals surface area contributed by atoms with Gasteiger partial charge in [-0.1, -0.05) is 340 Å². The van der Waals surface area contributed by atoms with E-state index in [2.05, 4.69) is 45.1 Å². The van der Waals surface area contributed by atoms with Gasteiger partial charge in [-0.25, -0.2) is 0 Å². The number of ether oxygens (including phenoxy) is 3. The first kappa shape index (κ1) is 73.9. The molecule has 0 spiro atoms. The van der Waals surface area contributed by atoms with Crippen molar-refractivity contribution in [3.8, 4) is 0 Å². The number of hydrogen-bond acceptors (Lipinski definition) is 6. The van der Waals surface area contributed by atoms with Gasteiger partial charge in [0.2, 0.25) is 0 Å². The van der Waals surface area contributed by atoms with E-state index in [0.29, 0.717) is 19.3 Å². The molecular formula is C70H132O6. The average Bonchev–Trinajstić information content (AvgIpc) is 3.42. The highest BCUT2D eigenvalue weighted by Gasteiger charge is 2.19. The lowest BCUT2D eigenvalue weighted by Gasteiger charge is -2.18. The fourth-order valence-electron chi connectivity index (χ4n) is 10.5. The molecule has 0 aliphatic heterocycles. The molecule has 448 valence electrons. The summed E-state index contributed by atoms with van der Waals surface area (Å²) >= 11 is 0. The monoisotopic (exact) mass is 1070 g/mol. The number of carbonyl (C=O) groups is 3. The van der Waals surface area contributed by atoms with Crippen molar-refractivity contribution in [2.45, 2.75) is 393 Å². The molecule has 0 aliphatic rings. The summed E-state index contributed by atoms with van der Waals surface area (Å²) in [6.45, 7) is 6.64. The first-order chi connectivity index (χ1) is 37.5. The molecule has 6 heteroatoms. The summed E-state index contributed by atoms with van der Waals surface area (Å²) in [5.74, 6) is -0.846. The lowest BCUT2D eigenvalue weighted by molar-refractivity contribution is -0.167. The lowest BCUT2D eigenvalue weighted by atomic mass is 10.0. The second-order valence-electron chi connectivity index (χ2n) is 23.5. The van der Waals surface area contributed by atoms with Crippen molar-refractivity contribution in [3.05, 3.63) is 24.3 Å². The van der Waals surface area contributed by atoms with Crippen LogP contribution in [0.3, 0.4) is 0 Å². The third-order valence-electron chi connectivity index (χ3n) is 15.7. The smallest absolute Gasteiger partial charge is 0.306 e. The molecule has 0 heterocycles. The zero-order valence-corrected chi connectivity index (χ0v) is 51.6. The van der Waals surface area contributed by atoms with Crippen molar-refractivity contribution >= 4 is 17.9 Å². The van der Waals surface area contributed by atoms with E-state index in [1.807, 2.05) is 0 Å². The van der Waals surface area contributed by atoms with Crippen LogP contribution in [0.25, 0.3) is 0 Å². The molecule has 0 aromatic rings. The Balaban J connectivity index is 3.97. The Hall–Kier alpha value is -2.11. The molecule has 0 amide bonds. The van der Waals surface area contributed by atoms with Gasteiger partial charge in [0.1, 0.15) is 13.2 Å². The normalized spacial score (nSPS) is 12.1. The van der Waals surface area contributed by atoms with Crippen molar-refractivity contribution in [1.29, 1.82) is 0 Å². The van der Waals surface area contributed by atoms with Crippen LogP contribution < -0.4 is 0 Å². The van der Waals surface area contributed by atoms with Gasteiger partial charge in [0.15, 0.2) is 6.10 Å². The molecule has 0 fully saturated rings. The van der Waals surface area contributed by atoms with E-state index in [1.54, 1.807) is 0 Å². The van der Waals surface area contributed by atoms with Crippen molar-refractivity contribution in [3.63, 3.8) is 0 Å². The van der Waals surface area contributed by atoms with Crippen LogP contribution in [0.4, 0.5) is 0 Å². The zero-order valence-electron chi connectivity index (χ0n) is 51.6. The molecule has 0 rings (SSSR count). The van der Waals surface area contributed by atoms with Crippen LogP contribution in [-0.4, -0.2) is 37.2 Å². The highest BCUT2D eigenvalue weighted by atomic mass is 16.6. The SMILES string of the molecule is CCCCCCC/C=C\C/C=C\CCCCCCCCCCCCCCCCCCCC(=O)OCC(COC(=O)CCCCCCCC)OC(=O)CCCCCCCCCCCCCCCCCCCCCCCCC. The molecule has 76 heavy (non-hydrogen) atoms. The molecule has 6 nitrogen and oxygen atoms in total. The Morgan fingerprint density at radius 1 is 0.263 bits per heavy atom. The maximum atomic E-state index is 12.9. The third kappa shape index (κ3) is 62.7. The Kier molecular flexibility index (Phi) is 63.6. The van der Waals surface area contributed by atoms with Crippen LogP contribution >= 0.6 is 0 Å². The second-order valence-corrected chi connectivity index (χ2v) is 23.5. The van der Waals surface area contributed by atoms with E-state index in [0.717, 1.165) is 64.2 Å². The molecule has 0 saturated heterocycles. The first-order valence-electron chi connectivity index (χ1n) is 34.3. The van der Waals surface area contributed by atoms with Gasteiger partial charge in [0.05, 0.1) is 0 Å². The van der Waals surface area contributed by atoms with E-state index in [4.69, 9.17) is 14.2 Å². The van der Waals surface area contributed by atoms with Crippen molar-refractivity contribution in [2.75, 3.05) is 13.2 Å². The largest absolute Gasteiger partial charge is 0.462 e. The predicted octanol–water partition coefficient (Wildman–Crippen LogP) is 23.4. The van der Waals surface area contributed by atoms with E-state index < -0.39 is 6.10 Å². The maximum Gasteiger partial charge on any atom is 0.306 e. The van der Waals surface area contributed by atoms with Crippen LogP contribution in [-0.2, 0) is 28.6 Å². The van der Waals surface area contributed by atoms with Crippen LogP contribution in [0.1, 0.15) is 387 Å². The fraction of sp³-hybridized carbons (Fsp3) is 0.900. The van der Waals surface area contributed by atoms with Crippen molar-refractivity contribution in [2.24, 2.45) is 0 Å². The molecule has 0 aromatic carbocycles. The van der Waals surface area contributed by atoms with Crippen LogP contribution in [0, 0.1) is 0 Å². The van der Waals surface area contributed by atoms with E-state index >= 15 is 0 Å². The van der Waals surface area contributed by atoms with Crippen molar-refractivity contribution in [1.82, 2.24) is 0 Å². The summed E-state index contributed by atoms with van der Waals surface area (Å²) in [5.41, 5.74) is 0. The Bertz CT molecular complexity index is 1230. The first-order valence-corrected chi connectivity index (χ1v) is 34.3. The molecular weight excluding hydrogens is 937 g/mol. The van der Waals surface area contributed by atoms with Crippen molar-refractivity contribution < 1.29 is 28.6 Å². The van der Waals surface area contributed by atoms with Gasteiger partial charge in [0, 0.05) is 19.3 Å². The van der Waals surface area contributed by atoms with Gasteiger partial charge >= 0.3 is 17.9 Å². The van der Waals surface area contributed by atoms with E-state index in [-0.39, 0.29) is 31.1 Å². The van der Waals surface area contributed by atoms with Crippen LogP contribution in [0.15, 0.2) is 24.3 Å². The fourth-order valence-corrected chi connectivity index (χ4v) is 10.5. The predicted molar refractivity (Wildman–Crippen MR) is 330 cm³/mol. The molecule has 1 atom stereocenters. The molecule has 0 aromatic heterocycles. The summed E-state index contributed by atoms with van der Waals surface area (Å²) in [6, 6.07) is 0. The van der Waals surface area contributed by atoms with Gasteiger partial charge < -0.3 is 14.2 Å². The van der Waals surface area contributed by atoms with Gasteiger partial charge in [0.25, 0.3) is 0 Å². The summed E-state index contributed by atoms with van der Waals surface area (Å²) in [4.78, 5) is 38.1. The minimum Gasteiger partial charge on any atom is -0.462 e. The van der Waals surface area contributed by atoms with E-state index in [9.17, 15) is 14.4 Å².